The fraction of sp³-hybridized carbons (Fsp3) is 0.160. The first kappa shape index (κ1) is 21.9. The summed E-state index contributed by atoms with van der Waals surface area (Å²) in [6.07, 6.45) is 5.69. The van der Waals surface area contributed by atoms with Crippen molar-refractivity contribution in [1.82, 2.24) is 15.8 Å². The summed E-state index contributed by atoms with van der Waals surface area (Å²) in [7, 11) is 0. The first-order chi connectivity index (χ1) is 16.1. The predicted octanol–water partition coefficient (Wildman–Crippen LogP) is 3.86. The zero-order valence-corrected chi connectivity index (χ0v) is 17.9. The zero-order valence-electron chi connectivity index (χ0n) is 17.9. The van der Waals surface area contributed by atoms with Gasteiger partial charge in [0.2, 0.25) is 5.91 Å². The Kier molecular flexibility index (Phi) is 6.84. The summed E-state index contributed by atoms with van der Waals surface area (Å²) in [5.41, 5.74) is 6.27. The molecule has 1 aliphatic rings. The fourth-order valence-corrected chi connectivity index (χ4v) is 3.73. The molecule has 8 heteroatoms. The summed E-state index contributed by atoms with van der Waals surface area (Å²) < 4.78 is 5.19. The van der Waals surface area contributed by atoms with Gasteiger partial charge in [-0.15, -0.1) is 0 Å². The third kappa shape index (κ3) is 5.30. The molecular weight excluding hydrogens is 420 g/mol. The number of carbonyl (C=O) groups is 3. The van der Waals surface area contributed by atoms with Crippen LogP contribution in [0, 0.1) is 0 Å². The van der Waals surface area contributed by atoms with Crippen molar-refractivity contribution < 1.29 is 18.8 Å². The highest BCUT2D eigenvalue weighted by molar-refractivity contribution is 6.01. The van der Waals surface area contributed by atoms with E-state index < -0.39 is 18.0 Å². The zero-order chi connectivity index (χ0) is 23.0. The Bertz CT molecular complexity index is 1070. The molecule has 0 aliphatic carbocycles. The number of hydrogen-bond acceptors (Lipinski definition) is 4. The Morgan fingerprint density at radius 1 is 0.909 bits per heavy atom. The number of benzene rings is 2. The molecule has 2 aromatic carbocycles. The van der Waals surface area contributed by atoms with E-state index in [9.17, 15) is 14.4 Å². The third-order valence-electron chi connectivity index (χ3n) is 5.30. The molecule has 2 N–H and O–H groups in total. The lowest BCUT2D eigenvalue weighted by atomic mass is 10.2. The molecule has 1 fully saturated rings. The van der Waals surface area contributed by atoms with Crippen molar-refractivity contribution in [3.8, 4) is 0 Å². The van der Waals surface area contributed by atoms with Crippen LogP contribution in [0.15, 0.2) is 89.6 Å². The Hall–Kier alpha value is -4.33. The minimum absolute atomic E-state index is 0.287. The number of nitrogens with zero attached hydrogens (tertiary/aromatic N) is 2. The summed E-state index contributed by atoms with van der Waals surface area (Å²) in [6, 6.07) is 20.5. The van der Waals surface area contributed by atoms with E-state index in [0.29, 0.717) is 36.5 Å². The second-order valence-electron chi connectivity index (χ2n) is 7.46. The van der Waals surface area contributed by atoms with Crippen LogP contribution in [-0.4, -0.2) is 35.3 Å². The topological polar surface area (TPSA) is 94.9 Å². The van der Waals surface area contributed by atoms with Crippen LogP contribution in [0.5, 0.6) is 0 Å². The van der Waals surface area contributed by atoms with E-state index in [2.05, 4.69) is 10.9 Å². The van der Waals surface area contributed by atoms with Gasteiger partial charge in [0.15, 0.2) is 0 Å². The third-order valence-corrected chi connectivity index (χ3v) is 5.30. The van der Waals surface area contributed by atoms with Crippen molar-refractivity contribution in [2.75, 3.05) is 11.4 Å². The number of hydrogen-bond donors (Lipinski definition) is 2. The summed E-state index contributed by atoms with van der Waals surface area (Å²) in [6.45, 7) is 0.466. The van der Waals surface area contributed by atoms with Gasteiger partial charge >= 0.3 is 6.03 Å². The van der Waals surface area contributed by atoms with E-state index in [-0.39, 0.29) is 5.91 Å². The maximum absolute atomic E-state index is 13.0. The average Bonchev–Trinajstić information content (AvgIpc) is 3.55. The number of hydrazine groups is 1. The maximum Gasteiger partial charge on any atom is 0.345 e. The molecule has 3 aromatic rings. The quantitative estimate of drug-likeness (QED) is 0.461. The normalized spacial score (nSPS) is 15.4. The highest BCUT2D eigenvalue weighted by atomic mass is 16.3. The molecule has 1 aromatic heterocycles. The molecule has 4 amide bonds. The number of anilines is 2. The monoisotopic (exact) mass is 444 g/mol. The largest absolute Gasteiger partial charge is 0.465 e. The number of para-hydroxylation sites is 2. The van der Waals surface area contributed by atoms with Gasteiger partial charge in [0.1, 0.15) is 11.8 Å². The summed E-state index contributed by atoms with van der Waals surface area (Å²) in [5, 5.41) is 0. The summed E-state index contributed by atoms with van der Waals surface area (Å²) >= 11 is 0. The Labute approximate surface area is 191 Å². The van der Waals surface area contributed by atoms with E-state index in [0.717, 1.165) is 0 Å². The first-order valence-electron chi connectivity index (χ1n) is 10.7. The molecule has 0 saturated carbocycles. The predicted molar refractivity (Wildman–Crippen MR) is 124 cm³/mol. The lowest BCUT2D eigenvalue weighted by Crippen LogP contribution is -2.53. The van der Waals surface area contributed by atoms with E-state index in [4.69, 9.17) is 4.42 Å². The molecule has 1 atom stereocenters. The minimum atomic E-state index is -0.666. The molecule has 0 spiro atoms. The Morgan fingerprint density at radius 2 is 1.58 bits per heavy atom. The number of nitrogens with one attached hydrogen (secondary N) is 2. The molecule has 4 rings (SSSR count). The molecule has 8 nitrogen and oxygen atoms in total. The number of likely N-dealkylation sites (tertiary alicyclic amines) is 1. The lowest BCUT2D eigenvalue weighted by molar-refractivity contribution is -0.135. The van der Waals surface area contributed by atoms with Crippen LogP contribution < -0.4 is 15.8 Å². The van der Waals surface area contributed by atoms with Crippen LogP contribution in [0.2, 0.25) is 0 Å². The molecule has 0 bridgehead atoms. The fourth-order valence-electron chi connectivity index (χ4n) is 3.73. The van der Waals surface area contributed by atoms with Gasteiger partial charge < -0.3 is 9.32 Å². The minimum Gasteiger partial charge on any atom is -0.465 e. The van der Waals surface area contributed by atoms with E-state index in [1.165, 1.54) is 22.1 Å². The van der Waals surface area contributed by atoms with E-state index in [1.54, 1.807) is 42.5 Å². The highest BCUT2D eigenvalue weighted by Crippen LogP contribution is 2.25. The van der Waals surface area contributed by atoms with Crippen LogP contribution in [0.3, 0.4) is 0 Å². The van der Waals surface area contributed by atoms with Crippen LogP contribution >= 0.6 is 0 Å². The van der Waals surface area contributed by atoms with Crippen molar-refractivity contribution in [1.29, 1.82) is 0 Å². The second-order valence-corrected chi connectivity index (χ2v) is 7.46. The van der Waals surface area contributed by atoms with Crippen LogP contribution in [0.1, 0.15) is 18.6 Å². The summed E-state index contributed by atoms with van der Waals surface area (Å²) in [4.78, 5) is 41.4. The molecule has 2 heterocycles. The van der Waals surface area contributed by atoms with E-state index in [1.807, 2.05) is 36.4 Å². The van der Waals surface area contributed by atoms with Crippen molar-refractivity contribution >= 4 is 35.3 Å². The van der Waals surface area contributed by atoms with Crippen LogP contribution in [0.25, 0.3) is 6.08 Å². The van der Waals surface area contributed by atoms with E-state index >= 15 is 0 Å². The van der Waals surface area contributed by atoms with Gasteiger partial charge in [-0.2, -0.15) is 0 Å². The molecule has 33 heavy (non-hydrogen) atoms. The van der Waals surface area contributed by atoms with Gasteiger partial charge in [-0.25, -0.2) is 10.2 Å². The van der Waals surface area contributed by atoms with Gasteiger partial charge in [0.25, 0.3) is 5.91 Å². The molecule has 0 unspecified atom stereocenters. The number of furan rings is 1. The number of amides is 4. The van der Waals surface area contributed by atoms with Crippen molar-refractivity contribution in [3.63, 3.8) is 0 Å². The number of urea groups is 1. The van der Waals surface area contributed by atoms with Gasteiger partial charge in [-0.3, -0.25) is 19.9 Å². The Balaban J connectivity index is 1.41. The molecule has 168 valence electrons. The number of carbonyl (C=O) groups excluding carboxylic acids is 3. The molecule has 1 saturated heterocycles. The SMILES string of the molecule is O=C(NNC(=O)N(c1ccccc1)c1ccccc1)[C@@H]1CCCN1C(=O)/C=C/c1ccco1. The maximum atomic E-state index is 13.0. The van der Waals surface area contributed by atoms with Gasteiger partial charge in [-0.05, 0) is 55.3 Å². The van der Waals surface area contributed by atoms with Crippen molar-refractivity contribution in [2.24, 2.45) is 0 Å². The standard InChI is InChI=1S/C25H24N4O4/c30-23(16-15-21-13-8-18-33-21)28-17-7-14-22(28)24(31)26-27-25(32)29(19-9-3-1-4-10-19)20-11-5-2-6-12-20/h1-6,8-13,15-16,18,22H,7,14,17H2,(H,26,31)(H,27,32)/b16-15+/t22-/m0/s1. The number of rotatable bonds is 5. The first-order valence-corrected chi connectivity index (χ1v) is 10.7. The molecule has 1 aliphatic heterocycles. The lowest BCUT2D eigenvalue weighted by Gasteiger charge is -2.25. The van der Waals surface area contributed by atoms with Crippen LogP contribution in [-0.2, 0) is 9.59 Å². The highest BCUT2D eigenvalue weighted by Gasteiger charge is 2.33. The Morgan fingerprint density at radius 3 is 2.18 bits per heavy atom. The van der Waals surface area contributed by atoms with Gasteiger partial charge in [0, 0.05) is 12.6 Å². The molecular formula is C25H24N4O4. The second kappa shape index (κ2) is 10.3. The summed E-state index contributed by atoms with van der Waals surface area (Å²) in [5.74, 6) is -0.176. The van der Waals surface area contributed by atoms with Crippen LogP contribution in [0.4, 0.5) is 16.2 Å². The smallest absolute Gasteiger partial charge is 0.345 e. The molecule has 0 radical (unpaired) electrons. The van der Waals surface area contributed by atoms with Gasteiger partial charge in [0.05, 0.1) is 17.6 Å². The van der Waals surface area contributed by atoms with Crippen molar-refractivity contribution in [2.45, 2.75) is 18.9 Å². The van der Waals surface area contributed by atoms with Gasteiger partial charge in [-0.1, -0.05) is 36.4 Å². The average molecular weight is 444 g/mol. The van der Waals surface area contributed by atoms with Crippen molar-refractivity contribution in [3.05, 3.63) is 90.9 Å².